The van der Waals surface area contributed by atoms with Gasteiger partial charge in [-0.3, -0.25) is 0 Å². The number of hydrogen-bond acceptors (Lipinski definition) is 3. The maximum absolute atomic E-state index is 11.9. The van der Waals surface area contributed by atoms with Crippen LogP contribution in [0.15, 0.2) is 17.0 Å². The van der Waals surface area contributed by atoms with Crippen LogP contribution >= 0.6 is 0 Å². The number of sulfonamides is 1. The quantitative estimate of drug-likeness (QED) is 0.856. The average molecular weight is 270 g/mol. The summed E-state index contributed by atoms with van der Waals surface area (Å²) in [5.74, 6) is 0. The van der Waals surface area contributed by atoms with Crippen molar-refractivity contribution >= 4 is 10.0 Å². The van der Waals surface area contributed by atoms with Crippen molar-refractivity contribution in [1.82, 2.24) is 10.0 Å². The minimum Gasteiger partial charge on any atom is -0.310 e. The first-order chi connectivity index (χ1) is 8.27. The number of benzene rings is 1. The molecule has 0 amide bonds. The molecule has 4 nitrogen and oxygen atoms in total. The van der Waals surface area contributed by atoms with E-state index in [1.807, 2.05) is 19.9 Å². The highest BCUT2D eigenvalue weighted by molar-refractivity contribution is 7.89. The summed E-state index contributed by atoms with van der Waals surface area (Å²) in [6.45, 7) is 8.56. The Morgan fingerprint density at radius 2 is 1.83 bits per heavy atom. The van der Waals surface area contributed by atoms with Crippen LogP contribution in [0.1, 0.15) is 30.5 Å². The predicted molar refractivity (Wildman–Crippen MR) is 74.1 cm³/mol. The Bertz CT molecular complexity index is 522. The second kappa shape index (κ2) is 5.82. The van der Waals surface area contributed by atoms with Crippen molar-refractivity contribution in [2.75, 3.05) is 7.05 Å². The lowest BCUT2D eigenvalue weighted by Crippen LogP contribution is -2.23. The molecule has 0 heterocycles. The van der Waals surface area contributed by atoms with Crippen LogP contribution in [0.5, 0.6) is 0 Å². The molecule has 0 bridgehead atoms. The highest BCUT2D eigenvalue weighted by atomic mass is 32.2. The molecule has 0 aliphatic carbocycles. The van der Waals surface area contributed by atoms with E-state index < -0.39 is 10.0 Å². The van der Waals surface area contributed by atoms with Crippen molar-refractivity contribution < 1.29 is 8.42 Å². The maximum Gasteiger partial charge on any atom is 0.240 e. The van der Waals surface area contributed by atoms with Gasteiger partial charge in [0, 0.05) is 12.6 Å². The first kappa shape index (κ1) is 15.1. The molecule has 18 heavy (non-hydrogen) atoms. The first-order valence-electron chi connectivity index (χ1n) is 6.05. The van der Waals surface area contributed by atoms with Crippen molar-refractivity contribution in [2.45, 2.75) is 45.2 Å². The lowest BCUT2D eigenvalue weighted by molar-refractivity contribution is 0.582. The number of nitrogens with one attached hydrogen (secondary N) is 2. The number of rotatable bonds is 5. The van der Waals surface area contributed by atoms with E-state index in [1.165, 1.54) is 7.05 Å². The third kappa shape index (κ3) is 3.54. The molecule has 0 saturated heterocycles. The molecule has 102 valence electrons. The Balaban J connectivity index is 3.19. The van der Waals surface area contributed by atoms with E-state index in [9.17, 15) is 8.42 Å². The van der Waals surface area contributed by atoms with Crippen LogP contribution in [0.3, 0.4) is 0 Å². The first-order valence-corrected chi connectivity index (χ1v) is 7.53. The molecule has 1 rings (SSSR count). The van der Waals surface area contributed by atoms with E-state index in [1.54, 1.807) is 6.07 Å². The van der Waals surface area contributed by atoms with Crippen molar-refractivity contribution in [3.63, 3.8) is 0 Å². The van der Waals surface area contributed by atoms with Crippen LogP contribution in [0, 0.1) is 13.8 Å². The van der Waals surface area contributed by atoms with Gasteiger partial charge in [0.25, 0.3) is 0 Å². The zero-order valence-corrected chi connectivity index (χ0v) is 12.5. The molecular weight excluding hydrogens is 248 g/mol. The van der Waals surface area contributed by atoms with Gasteiger partial charge in [-0.1, -0.05) is 19.9 Å². The van der Waals surface area contributed by atoms with Gasteiger partial charge in [-0.15, -0.1) is 0 Å². The fourth-order valence-electron chi connectivity index (χ4n) is 1.71. The summed E-state index contributed by atoms with van der Waals surface area (Å²) in [6.07, 6.45) is 0. The molecule has 0 fully saturated rings. The van der Waals surface area contributed by atoms with Gasteiger partial charge in [0.1, 0.15) is 0 Å². The lowest BCUT2D eigenvalue weighted by Gasteiger charge is -2.14. The summed E-state index contributed by atoms with van der Waals surface area (Å²) in [6, 6.07) is 4.14. The van der Waals surface area contributed by atoms with Gasteiger partial charge < -0.3 is 5.32 Å². The van der Waals surface area contributed by atoms with E-state index >= 15 is 0 Å². The highest BCUT2D eigenvalue weighted by Gasteiger charge is 2.16. The van der Waals surface area contributed by atoms with Gasteiger partial charge in [0.2, 0.25) is 10.0 Å². The van der Waals surface area contributed by atoms with E-state index in [0.717, 1.165) is 16.7 Å². The average Bonchev–Trinajstić information content (AvgIpc) is 2.30. The maximum atomic E-state index is 11.9. The summed E-state index contributed by atoms with van der Waals surface area (Å²) >= 11 is 0. The molecule has 0 spiro atoms. The van der Waals surface area contributed by atoms with Gasteiger partial charge in [0.05, 0.1) is 4.90 Å². The Kier molecular flexibility index (Phi) is 4.90. The summed E-state index contributed by atoms with van der Waals surface area (Å²) in [5.41, 5.74) is 2.78. The Hall–Kier alpha value is -0.910. The lowest BCUT2D eigenvalue weighted by atomic mass is 10.1. The highest BCUT2D eigenvalue weighted by Crippen LogP contribution is 2.20. The molecule has 0 radical (unpaired) electrons. The summed E-state index contributed by atoms with van der Waals surface area (Å²) in [5, 5.41) is 3.29. The summed E-state index contributed by atoms with van der Waals surface area (Å²) in [4.78, 5) is 0.366. The van der Waals surface area contributed by atoms with Crippen LogP contribution in [-0.2, 0) is 16.6 Å². The van der Waals surface area contributed by atoms with E-state index in [2.05, 4.69) is 23.9 Å². The SMILES string of the molecule is CNS(=O)(=O)c1cc(CNC(C)C)cc(C)c1C. The van der Waals surface area contributed by atoms with E-state index in [-0.39, 0.29) is 0 Å². The van der Waals surface area contributed by atoms with Crippen LogP contribution in [0.25, 0.3) is 0 Å². The summed E-state index contributed by atoms with van der Waals surface area (Å²) in [7, 11) is -1.96. The monoisotopic (exact) mass is 270 g/mol. The van der Waals surface area contributed by atoms with E-state index in [4.69, 9.17) is 0 Å². The number of hydrogen-bond donors (Lipinski definition) is 2. The largest absolute Gasteiger partial charge is 0.310 e. The molecule has 0 unspecified atom stereocenters. The van der Waals surface area contributed by atoms with Crippen molar-refractivity contribution in [3.05, 3.63) is 28.8 Å². The molecular formula is C13H22N2O2S. The minimum atomic E-state index is -3.39. The molecule has 0 aromatic heterocycles. The van der Waals surface area contributed by atoms with Crippen molar-refractivity contribution in [1.29, 1.82) is 0 Å². The second-order valence-electron chi connectivity index (χ2n) is 4.78. The van der Waals surface area contributed by atoms with Gasteiger partial charge >= 0.3 is 0 Å². The van der Waals surface area contributed by atoms with Gasteiger partial charge in [-0.25, -0.2) is 13.1 Å². The Morgan fingerprint density at radius 1 is 1.22 bits per heavy atom. The van der Waals surface area contributed by atoms with Gasteiger partial charge in [0.15, 0.2) is 0 Å². The molecule has 2 N–H and O–H groups in total. The molecule has 1 aromatic rings. The third-order valence-electron chi connectivity index (χ3n) is 2.95. The third-order valence-corrected chi connectivity index (χ3v) is 4.49. The number of aryl methyl sites for hydroxylation is 1. The van der Waals surface area contributed by atoms with Gasteiger partial charge in [-0.05, 0) is 43.7 Å². The Labute approximate surface area is 110 Å². The minimum absolute atomic E-state index is 0.366. The standard InChI is InChI=1S/C13H22N2O2S/c1-9(2)15-8-12-6-10(3)11(4)13(7-12)18(16,17)14-5/h6-7,9,14-15H,8H2,1-5H3. The van der Waals surface area contributed by atoms with Crippen molar-refractivity contribution in [2.24, 2.45) is 0 Å². The topological polar surface area (TPSA) is 58.2 Å². The normalized spacial score (nSPS) is 12.1. The smallest absolute Gasteiger partial charge is 0.240 e. The van der Waals surface area contributed by atoms with Crippen LogP contribution in [0.2, 0.25) is 0 Å². The Morgan fingerprint density at radius 3 is 2.33 bits per heavy atom. The van der Waals surface area contributed by atoms with Gasteiger partial charge in [-0.2, -0.15) is 0 Å². The van der Waals surface area contributed by atoms with Crippen LogP contribution in [-0.4, -0.2) is 21.5 Å². The van der Waals surface area contributed by atoms with Crippen LogP contribution < -0.4 is 10.0 Å². The van der Waals surface area contributed by atoms with Crippen molar-refractivity contribution in [3.8, 4) is 0 Å². The molecule has 1 aromatic carbocycles. The zero-order valence-electron chi connectivity index (χ0n) is 11.7. The molecule has 0 aliphatic heterocycles. The molecule has 0 atom stereocenters. The summed E-state index contributed by atoms with van der Waals surface area (Å²) < 4.78 is 26.2. The fraction of sp³-hybridized carbons (Fsp3) is 0.538. The molecule has 0 saturated carbocycles. The second-order valence-corrected chi connectivity index (χ2v) is 6.63. The van der Waals surface area contributed by atoms with Crippen LogP contribution in [0.4, 0.5) is 0 Å². The molecule has 5 heteroatoms. The van der Waals surface area contributed by atoms with E-state index in [0.29, 0.717) is 17.5 Å². The fourth-order valence-corrected chi connectivity index (χ4v) is 2.80. The molecule has 0 aliphatic rings. The predicted octanol–water partition coefficient (Wildman–Crippen LogP) is 1.71. The zero-order chi connectivity index (χ0) is 13.9.